The minimum Gasteiger partial charge on any atom is -0.377 e. The van der Waals surface area contributed by atoms with E-state index >= 15 is 0 Å². The van der Waals surface area contributed by atoms with Crippen LogP contribution < -0.4 is 5.32 Å². The molecule has 2 aromatic heterocycles. The third kappa shape index (κ3) is 5.14. The van der Waals surface area contributed by atoms with E-state index in [0.29, 0.717) is 6.54 Å². The molecule has 2 aromatic rings. The molecule has 2 atom stereocenters. The van der Waals surface area contributed by atoms with Gasteiger partial charge in [-0.3, -0.25) is 9.69 Å². The maximum atomic E-state index is 12.5. The molecule has 1 amide bonds. The van der Waals surface area contributed by atoms with E-state index < -0.39 is 0 Å². The monoisotopic (exact) mass is 364 g/mol. The van der Waals surface area contributed by atoms with Gasteiger partial charge in [-0.2, -0.15) is 0 Å². The molecule has 2 unspecified atom stereocenters. The Balaban J connectivity index is 1.56. The summed E-state index contributed by atoms with van der Waals surface area (Å²) in [5, 5.41) is 7.23. The average Bonchev–Trinajstić information content (AvgIpc) is 3.31. The molecule has 3 rings (SSSR count). The zero-order chi connectivity index (χ0) is 16.8. The summed E-state index contributed by atoms with van der Waals surface area (Å²) in [4.78, 5) is 17.2. The van der Waals surface area contributed by atoms with Crippen molar-refractivity contribution in [3.63, 3.8) is 0 Å². The van der Waals surface area contributed by atoms with Gasteiger partial charge in [-0.15, -0.1) is 22.7 Å². The van der Waals surface area contributed by atoms with Crippen molar-refractivity contribution in [2.75, 3.05) is 19.7 Å². The van der Waals surface area contributed by atoms with Crippen molar-refractivity contribution in [3.05, 3.63) is 44.8 Å². The molecule has 130 valence electrons. The minimum atomic E-state index is 0.0591. The Bertz CT molecular complexity index is 607. The number of nitrogens with zero attached hydrogens (tertiary/aromatic N) is 1. The molecule has 0 spiro atoms. The van der Waals surface area contributed by atoms with Crippen LogP contribution in [0.3, 0.4) is 0 Å². The Kier molecular flexibility index (Phi) is 6.43. The average molecular weight is 365 g/mol. The predicted octanol–water partition coefficient (Wildman–Crippen LogP) is 3.67. The fourth-order valence-electron chi connectivity index (χ4n) is 2.98. The Morgan fingerprint density at radius 1 is 1.38 bits per heavy atom. The van der Waals surface area contributed by atoms with Gasteiger partial charge in [0, 0.05) is 29.5 Å². The van der Waals surface area contributed by atoms with Gasteiger partial charge in [-0.1, -0.05) is 12.1 Å². The van der Waals surface area contributed by atoms with Gasteiger partial charge in [-0.25, -0.2) is 0 Å². The molecule has 0 aliphatic carbocycles. The summed E-state index contributed by atoms with van der Waals surface area (Å²) in [5.41, 5.74) is 0. The molecule has 1 aliphatic heterocycles. The minimum absolute atomic E-state index is 0.0591. The van der Waals surface area contributed by atoms with Gasteiger partial charge in [0.15, 0.2) is 0 Å². The van der Waals surface area contributed by atoms with Crippen molar-refractivity contribution in [3.8, 4) is 0 Å². The molecule has 6 heteroatoms. The van der Waals surface area contributed by atoms with Gasteiger partial charge in [0.2, 0.25) is 5.91 Å². The van der Waals surface area contributed by atoms with Crippen LogP contribution >= 0.6 is 22.7 Å². The molecule has 0 bridgehead atoms. The fourth-order valence-corrected chi connectivity index (χ4v) is 4.46. The maximum absolute atomic E-state index is 12.5. The summed E-state index contributed by atoms with van der Waals surface area (Å²) in [6.07, 6.45) is 2.47. The van der Waals surface area contributed by atoms with E-state index in [9.17, 15) is 4.79 Å². The van der Waals surface area contributed by atoms with Gasteiger partial charge >= 0.3 is 0 Å². The van der Waals surface area contributed by atoms with Crippen LogP contribution in [0.15, 0.2) is 35.0 Å². The molecule has 0 saturated carbocycles. The van der Waals surface area contributed by atoms with Crippen LogP contribution in [0.1, 0.15) is 35.6 Å². The number of carbonyl (C=O) groups excluding carboxylic acids is 1. The van der Waals surface area contributed by atoms with E-state index in [4.69, 9.17) is 4.74 Å². The number of rotatable bonds is 8. The molecule has 1 fully saturated rings. The van der Waals surface area contributed by atoms with Gasteiger partial charge in [0.05, 0.1) is 18.7 Å². The van der Waals surface area contributed by atoms with Crippen molar-refractivity contribution >= 4 is 28.6 Å². The van der Waals surface area contributed by atoms with E-state index in [-0.39, 0.29) is 18.1 Å². The second-order valence-corrected chi connectivity index (χ2v) is 8.20. The first-order valence-corrected chi connectivity index (χ1v) is 10.2. The lowest BCUT2D eigenvalue weighted by Gasteiger charge is -2.25. The molecular weight excluding hydrogens is 340 g/mol. The molecule has 0 aromatic carbocycles. The molecular formula is C18H24N2O2S2. The second kappa shape index (κ2) is 8.76. The predicted molar refractivity (Wildman–Crippen MR) is 99.4 cm³/mol. The summed E-state index contributed by atoms with van der Waals surface area (Å²) in [6.45, 7) is 4.91. The molecule has 24 heavy (non-hydrogen) atoms. The highest BCUT2D eigenvalue weighted by Gasteiger charge is 2.22. The lowest BCUT2D eigenvalue weighted by atomic mass is 10.2. The summed E-state index contributed by atoms with van der Waals surface area (Å²) in [5.74, 6) is 0.0745. The largest absolute Gasteiger partial charge is 0.377 e. The number of ether oxygens (including phenoxy) is 1. The quantitative estimate of drug-likeness (QED) is 0.777. The zero-order valence-electron chi connectivity index (χ0n) is 13.9. The van der Waals surface area contributed by atoms with Crippen LogP contribution in [0.5, 0.6) is 0 Å². The molecule has 1 N–H and O–H groups in total. The first-order valence-electron chi connectivity index (χ1n) is 8.40. The lowest BCUT2D eigenvalue weighted by Crippen LogP contribution is -2.40. The first-order chi connectivity index (χ1) is 11.7. The SMILES string of the molecule is CC(NC(=O)CN(Cc1cccs1)CC1CCCO1)c1cccs1. The number of nitrogens with one attached hydrogen (secondary N) is 1. The van der Waals surface area contributed by atoms with Crippen molar-refractivity contribution < 1.29 is 9.53 Å². The number of hydrogen-bond donors (Lipinski definition) is 1. The van der Waals surface area contributed by atoms with Gasteiger partial charge in [-0.05, 0) is 42.7 Å². The highest BCUT2D eigenvalue weighted by Crippen LogP contribution is 2.19. The van der Waals surface area contributed by atoms with Gasteiger partial charge < -0.3 is 10.1 Å². The van der Waals surface area contributed by atoms with Crippen molar-refractivity contribution in [2.24, 2.45) is 0 Å². The topological polar surface area (TPSA) is 41.6 Å². The van der Waals surface area contributed by atoms with Crippen LogP contribution in [0.2, 0.25) is 0 Å². The highest BCUT2D eigenvalue weighted by atomic mass is 32.1. The summed E-state index contributed by atoms with van der Waals surface area (Å²) < 4.78 is 5.76. The Morgan fingerprint density at radius 3 is 2.88 bits per heavy atom. The number of amides is 1. The molecule has 4 nitrogen and oxygen atoms in total. The van der Waals surface area contributed by atoms with Crippen molar-refractivity contribution in [1.82, 2.24) is 10.2 Å². The highest BCUT2D eigenvalue weighted by molar-refractivity contribution is 7.10. The van der Waals surface area contributed by atoms with Gasteiger partial charge in [0.25, 0.3) is 0 Å². The lowest BCUT2D eigenvalue weighted by molar-refractivity contribution is -0.123. The van der Waals surface area contributed by atoms with Crippen LogP contribution in [-0.2, 0) is 16.1 Å². The van der Waals surface area contributed by atoms with Gasteiger partial charge in [0.1, 0.15) is 0 Å². The van der Waals surface area contributed by atoms with Crippen molar-refractivity contribution in [1.29, 1.82) is 0 Å². The maximum Gasteiger partial charge on any atom is 0.234 e. The molecule has 0 radical (unpaired) electrons. The Morgan fingerprint density at radius 2 is 2.21 bits per heavy atom. The van der Waals surface area contributed by atoms with Crippen LogP contribution in [-0.4, -0.2) is 36.6 Å². The van der Waals surface area contributed by atoms with Crippen LogP contribution in [0.25, 0.3) is 0 Å². The Labute approximate surface area is 151 Å². The van der Waals surface area contributed by atoms with E-state index in [0.717, 1.165) is 32.5 Å². The normalized spacial score (nSPS) is 18.8. The smallest absolute Gasteiger partial charge is 0.234 e. The van der Waals surface area contributed by atoms with Crippen molar-refractivity contribution in [2.45, 2.75) is 38.5 Å². The fraction of sp³-hybridized carbons (Fsp3) is 0.500. The number of thiophene rings is 2. The number of carbonyl (C=O) groups is 1. The van der Waals surface area contributed by atoms with Crippen LogP contribution in [0.4, 0.5) is 0 Å². The Hall–Kier alpha value is -1.21. The van der Waals surface area contributed by atoms with Crippen LogP contribution in [0, 0.1) is 0 Å². The molecule has 3 heterocycles. The number of hydrogen-bond acceptors (Lipinski definition) is 5. The van der Waals surface area contributed by atoms with E-state index in [1.807, 2.05) is 18.4 Å². The zero-order valence-corrected chi connectivity index (χ0v) is 15.6. The van der Waals surface area contributed by atoms with E-state index in [1.165, 1.54) is 9.75 Å². The summed E-state index contributed by atoms with van der Waals surface area (Å²) >= 11 is 3.41. The second-order valence-electron chi connectivity index (χ2n) is 6.19. The van der Waals surface area contributed by atoms with E-state index in [2.05, 4.69) is 33.8 Å². The summed E-state index contributed by atoms with van der Waals surface area (Å²) in [7, 11) is 0. The van der Waals surface area contributed by atoms with E-state index in [1.54, 1.807) is 22.7 Å². The third-order valence-electron chi connectivity index (χ3n) is 4.16. The molecule has 1 aliphatic rings. The standard InChI is InChI=1S/C18H24N2O2S2/c1-14(17-7-4-10-24-17)19-18(21)13-20(11-15-5-2-8-22-15)12-16-6-3-9-23-16/h3-4,6-7,9-10,14-15H,2,5,8,11-13H2,1H3,(H,19,21). The third-order valence-corrected chi connectivity index (χ3v) is 6.08. The summed E-state index contributed by atoms with van der Waals surface area (Å²) in [6, 6.07) is 8.32. The molecule has 1 saturated heterocycles. The first kappa shape index (κ1) is 17.6.